The molecule has 7 heteroatoms. The minimum absolute atomic E-state index is 0.306. The van der Waals surface area contributed by atoms with Crippen LogP contribution in [0, 0.1) is 0 Å². The average molecular weight is 326 g/mol. The van der Waals surface area contributed by atoms with Gasteiger partial charge < -0.3 is 9.26 Å². The van der Waals surface area contributed by atoms with Crippen molar-refractivity contribution >= 4 is 30.1 Å². The first-order valence-electron chi connectivity index (χ1n) is 5.99. The van der Waals surface area contributed by atoms with E-state index in [1.54, 1.807) is 43.5 Å². The zero-order valence-corrected chi connectivity index (χ0v) is 12.8. The maximum absolute atomic E-state index is 12.2. The summed E-state index contributed by atoms with van der Waals surface area (Å²) in [4.78, 5) is 10.6. The number of aldehydes is 1. The lowest BCUT2D eigenvalue weighted by molar-refractivity contribution is 0.112. The molecule has 0 amide bonds. The Balaban J connectivity index is 2.06. The van der Waals surface area contributed by atoms with Crippen LogP contribution in [-0.4, -0.2) is 13.4 Å². The maximum Gasteiger partial charge on any atom is 0.435 e. The number of carbonyl (C=O) groups is 1. The summed E-state index contributed by atoms with van der Waals surface area (Å²) in [7, 11) is 1.56. The third kappa shape index (κ3) is 4.52. The Morgan fingerprint density at radius 3 is 2.14 bits per heavy atom. The van der Waals surface area contributed by atoms with Crippen LogP contribution in [0.1, 0.15) is 10.4 Å². The van der Waals surface area contributed by atoms with Crippen molar-refractivity contribution in [2.24, 2.45) is 0 Å². The predicted molar refractivity (Wildman–Crippen MR) is 82.5 cm³/mol. The average Bonchev–Trinajstić information content (AvgIpc) is 2.48. The molecule has 1 atom stereocenters. The van der Waals surface area contributed by atoms with Gasteiger partial charge in [0, 0.05) is 22.5 Å². The maximum atomic E-state index is 12.2. The number of halogens is 1. The highest BCUT2D eigenvalue weighted by molar-refractivity contribution is 7.86. The summed E-state index contributed by atoms with van der Waals surface area (Å²) in [6.07, 6.45) is 0.708. The first kappa shape index (κ1) is 15.4. The number of nitrogens with one attached hydrogen (secondary N) is 1. The number of rotatable bonds is 6. The van der Waals surface area contributed by atoms with Gasteiger partial charge in [-0.25, -0.2) is 4.57 Å². The molecule has 0 aliphatic carbocycles. The van der Waals surface area contributed by atoms with Gasteiger partial charge in [0.1, 0.15) is 17.8 Å². The summed E-state index contributed by atoms with van der Waals surface area (Å²) in [6, 6.07) is 12.9. The molecule has 0 fully saturated rings. The van der Waals surface area contributed by atoms with Gasteiger partial charge >= 0.3 is 6.87 Å². The molecule has 0 aliphatic heterocycles. The fourth-order valence-electron chi connectivity index (χ4n) is 1.59. The summed E-state index contributed by atoms with van der Waals surface area (Å²) in [6.45, 7) is -3.59. The molecular formula is C14H13ClNO4P. The molecule has 2 aromatic rings. The minimum Gasteiger partial charge on any atom is -0.497 e. The van der Waals surface area contributed by atoms with Crippen LogP contribution < -0.4 is 14.3 Å². The van der Waals surface area contributed by atoms with Gasteiger partial charge in [-0.2, -0.15) is 0 Å². The highest BCUT2D eigenvalue weighted by Gasteiger charge is 2.21. The highest BCUT2D eigenvalue weighted by Crippen LogP contribution is 2.51. The van der Waals surface area contributed by atoms with Crippen LogP contribution >= 0.6 is 18.1 Å². The second-order valence-electron chi connectivity index (χ2n) is 4.10. The van der Waals surface area contributed by atoms with Gasteiger partial charge in [0.05, 0.1) is 7.11 Å². The summed E-state index contributed by atoms with van der Waals surface area (Å²) >= 11 is 5.87. The van der Waals surface area contributed by atoms with Crippen LogP contribution in [-0.2, 0) is 4.57 Å². The molecule has 0 spiro atoms. The SMILES string of the molecule is COc1ccc(NP(=O)(Cl)Oc2ccc(C=O)cc2)cc1. The van der Waals surface area contributed by atoms with Crippen molar-refractivity contribution in [2.75, 3.05) is 12.2 Å². The molecule has 0 heterocycles. The standard InChI is InChI=1S/C14H13ClNO4P/c1-19-13-8-4-12(5-9-13)16-21(15,18)20-14-6-2-11(10-17)3-7-14/h2-10H,1H3,(H,16,18). The molecule has 1 N–H and O–H groups in total. The summed E-state index contributed by atoms with van der Waals surface area (Å²) in [5, 5.41) is 2.62. The Labute approximate surface area is 127 Å². The molecular weight excluding hydrogens is 313 g/mol. The van der Waals surface area contributed by atoms with E-state index in [0.717, 1.165) is 0 Å². The van der Waals surface area contributed by atoms with E-state index in [1.165, 1.54) is 12.1 Å². The largest absolute Gasteiger partial charge is 0.497 e. The van der Waals surface area contributed by atoms with Gasteiger partial charge in [0.15, 0.2) is 0 Å². The van der Waals surface area contributed by atoms with E-state index in [4.69, 9.17) is 20.5 Å². The number of carbonyl (C=O) groups excluding carboxylic acids is 1. The van der Waals surface area contributed by atoms with Gasteiger partial charge in [0.2, 0.25) is 0 Å². The lowest BCUT2D eigenvalue weighted by Gasteiger charge is -2.15. The van der Waals surface area contributed by atoms with E-state index in [1.807, 2.05) is 0 Å². The third-order valence-electron chi connectivity index (χ3n) is 2.59. The van der Waals surface area contributed by atoms with Crippen molar-refractivity contribution in [1.29, 1.82) is 0 Å². The van der Waals surface area contributed by atoms with E-state index >= 15 is 0 Å². The third-order valence-corrected chi connectivity index (χ3v) is 4.02. The Bertz CT molecular complexity index is 658. The summed E-state index contributed by atoms with van der Waals surface area (Å²) in [5.74, 6) is 0.982. The number of ether oxygens (including phenoxy) is 1. The van der Waals surface area contributed by atoms with Crippen LogP contribution in [0.15, 0.2) is 48.5 Å². The Morgan fingerprint density at radius 2 is 1.62 bits per heavy atom. The molecule has 2 rings (SSSR count). The topological polar surface area (TPSA) is 64.6 Å². The van der Waals surface area contributed by atoms with Crippen molar-refractivity contribution in [3.63, 3.8) is 0 Å². The molecule has 0 saturated heterocycles. The van der Waals surface area contributed by atoms with Crippen LogP contribution in [0.2, 0.25) is 0 Å². The molecule has 5 nitrogen and oxygen atoms in total. The molecule has 21 heavy (non-hydrogen) atoms. The van der Waals surface area contributed by atoms with Gasteiger partial charge in [-0.15, -0.1) is 0 Å². The predicted octanol–water partition coefficient (Wildman–Crippen LogP) is 4.35. The highest BCUT2D eigenvalue weighted by atomic mass is 35.7. The van der Waals surface area contributed by atoms with E-state index in [-0.39, 0.29) is 0 Å². The quantitative estimate of drug-likeness (QED) is 0.632. The van der Waals surface area contributed by atoms with Gasteiger partial charge in [-0.3, -0.25) is 9.88 Å². The summed E-state index contributed by atoms with van der Waals surface area (Å²) < 4.78 is 22.4. The number of hydrogen-bond donors (Lipinski definition) is 1. The number of methoxy groups -OCH3 is 1. The number of hydrogen-bond acceptors (Lipinski definition) is 4. The number of anilines is 1. The normalized spacial score (nSPS) is 13.0. The van der Waals surface area contributed by atoms with Gasteiger partial charge in [-0.05, 0) is 48.5 Å². The summed E-state index contributed by atoms with van der Waals surface area (Å²) in [5.41, 5.74) is 1.04. The van der Waals surface area contributed by atoms with Gasteiger partial charge in [-0.1, -0.05) is 0 Å². The van der Waals surface area contributed by atoms with E-state index in [9.17, 15) is 9.36 Å². The van der Waals surface area contributed by atoms with Crippen molar-refractivity contribution in [2.45, 2.75) is 0 Å². The smallest absolute Gasteiger partial charge is 0.435 e. The molecule has 2 aromatic carbocycles. The monoisotopic (exact) mass is 325 g/mol. The van der Waals surface area contributed by atoms with Gasteiger partial charge in [0.25, 0.3) is 0 Å². The second-order valence-corrected chi connectivity index (χ2v) is 6.80. The lowest BCUT2D eigenvalue weighted by Crippen LogP contribution is -1.98. The Kier molecular flexibility index (Phi) is 4.89. The molecule has 0 aliphatic rings. The zero-order valence-electron chi connectivity index (χ0n) is 11.2. The van der Waals surface area contributed by atoms with Crippen molar-refractivity contribution in [3.8, 4) is 11.5 Å². The molecule has 1 unspecified atom stereocenters. The second kappa shape index (κ2) is 6.66. The van der Waals surface area contributed by atoms with Crippen molar-refractivity contribution in [1.82, 2.24) is 0 Å². The number of benzene rings is 2. The van der Waals surface area contributed by atoms with Crippen LogP contribution in [0.25, 0.3) is 0 Å². The Hall–Kier alpha value is -1.97. The van der Waals surface area contributed by atoms with Crippen molar-refractivity contribution < 1.29 is 18.6 Å². The van der Waals surface area contributed by atoms with Crippen molar-refractivity contribution in [3.05, 3.63) is 54.1 Å². The van der Waals surface area contributed by atoms with Crippen LogP contribution in [0.5, 0.6) is 11.5 Å². The fraction of sp³-hybridized carbons (Fsp3) is 0.0714. The van der Waals surface area contributed by atoms with Crippen LogP contribution in [0.4, 0.5) is 5.69 Å². The molecule has 110 valence electrons. The fourth-order valence-corrected chi connectivity index (χ4v) is 3.01. The van der Waals surface area contributed by atoms with E-state index in [0.29, 0.717) is 29.0 Å². The first-order chi connectivity index (χ1) is 10.0. The Morgan fingerprint density at radius 1 is 1.05 bits per heavy atom. The van der Waals surface area contributed by atoms with E-state index in [2.05, 4.69) is 5.09 Å². The molecule has 0 bridgehead atoms. The first-order valence-corrected chi connectivity index (χ1v) is 8.52. The minimum atomic E-state index is -3.59. The van der Waals surface area contributed by atoms with Crippen LogP contribution in [0.3, 0.4) is 0 Å². The molecule has 0 aromatic heterocycles. The zero-order chi connectivity index (χ0) is 15.3. The van der Waals surface area contributed by atoms with E-state index < -0.39 is 6.87 Å². The molecule has 0 radical (unpaired) electrons. The molecule has 0 saturated carbocycles. The lowest BCUT2D eigenvalue weighted by atomic mass is 10.2.